The van der Waals surface area contributed by atoms with E-state index in [-0.39, 0.29) is 23.5 Å². The van der Waals surface area contributed by atoms with E-state index in [9.17, 15) is 14.0 Å². The van der Waals surface area contributed by atoms with Crippen LogP contribution in [0.5, 0.6) is 0 Å². The van der Waals surface area contributed by atoms with Crippen LogP contribution in [0.4, 0.5) is 21.1 Å². The van der Waals surface area contributed by atoms with Crippen LogP contribution >= 0.6 is 11.3 Å². The van der Waals surface area contributed by atoms with Crippen molar-refractivity contribution in [2.75, 3.05) is 31.5 Å². The van der Waals surface area contributed by atoms with Crippen LogP contribution in [-0.2, 0) is 4.74 Å². The fourth-order valence-corrected chi connectivity index (χ4v) is 4.50. The Hall–Kier alpha value is -4.26. The first-order chi connectivity index (χ1) is 18.2. The smallest absolute Gasteiger partial charge is 0.410 e. The minimum absolute atomic E-state index is 0.108. The van der Waals surface area contributed by atoms with Gasteiger partial charge in [-0.3, -0.25) is 10.1 Å². The molecule has 0 bridgehead atoms. The summed E-state index contributed by atoms with van der Waals surface area (Å²) >= 11 is 1.50. The van der Waals surface area contributed by atoms with Crippen molar-refractivity contribution in [1.82, 2.24) is 34.7 Å². The van der Waals surface area contributed by atoms with Crippen molar-refractivity contribution in [3.05, 3.63) is 53.7 Å². The van der Waals surface area contributed by atoms with Crippen molar-refractivity contribution in [1.29, 1.82) is 0 Å². The molecule has 1 aliphatic rings. The van der Waals surface area contributed by atoms with Gasteiger partial charge in [-0.15, -0.1) is 11.3 Å². The fourth-order valence-electron chi connectivity index (χ4n) is 3.84. The summed E-state index contributed by atoms with van der Waals surface area (Å²) in [4.78, 5) is 49.3. The first-order valence-electron chi connectivity index (χ1n) is 11.9. The monoisotopic (exact) mass is 536 g/mol. The Morgan fingerprint density at radius 1 is 0.974 bits per heavy atom. The van der Waals surface area contributed by atoms with E-state index in [0.29, 0.717) is 37.3 Å². The van der Waals surface area contributed by atoms with Crippen molar-refractivity contribution in [2.45, 2.75) is 26.4 Å². The largest absolute Gasteiger partial charge is 0.444 e. The molecule has 11 nitrogen and oxygen atoms in total. The van der Waals surface area contributed by atoms with Gasteiger partial charge in [0, 0.05) is 44.1 Å². The van der Waals surface area contributed by atoms with E-state index in [0.717, 1.165) is 16.4 Å². The molecule has 1 N–H and O–H groups in total. The van der Waals surface area contributed by atoms with Crippen LogP contribution in [0.25, 0.3) is 21.5 Å². The number of aromatic nitrogens is 5. The van der Waals surface area contributed by atoms with Crippen LogP contribution in [0.15, 0.2) is 42.3 Å². The number of benzene rings is 1. The second kappa shape index (κ2) is 10.2. The summed E-state index contributed by atoms with van der Waals surface area (Å²) in [6.07, 6.45) is 3.49. The highest BCUT2D eigenvalue weighted by molar-refractivity contribution is 7.16. The lowest BCUT2D eigenvalue weighted by atomic mass is 10.1. The Kier molecular flexibility index (Phi) is 6.85. The normalized spacial score (nSPS) is 14.0. The zero-order valence-electron chi connectivity index (χ0n) is 21.0. The predicted octanol–water partition coefficient (Wildman–Crippen LogP) is 4.12. The van der Waals surface area contributed by atoms with Gasteiger partial charge in [-0.1, -0.05) is 6.07 Å². The summed E-state index contributed by atoms with van der Waals surface area (Å²) in [5.41, 5.74) is 2.91. The number of halogens is 1. The lowest BCUT2D eigenvalue weighted by molar-refractivity contribution is 0.0140. The minimum atomic E-state index is -0.576. The molecule has 1 aliphatic heterocycles. The zero-order chi connectivity index (χ0) is 26.9. The van der Waals surface area contributed by atoms with E-state index < -0.39 is 17.5 Å². The minimum Gasteiger partial charge on any atom is -0.444 e. The Bertz CT molecular complexity index is 1480. The molecule has 0 saturated carbocycles. The third kappa shape index (κ3) is 5.67. The number of nitrogens with one attached hydrogen (secondary N) is 1. The SMILES string of the molecule is CC(C)(C)OC(=O)N1CCN(C(=O)c2cnc(Nc3ncc(F)c(-c4ccc5scnc5c4)n3)nc2)CC1. The average molecular weight is 537 g/mol. The van der Waals surface area contributed by atoms with Gasteiger partial charge in [0.05, 0.1) is 27.5 Å². The first-order valence-corrected chi connectivity index (χ1v) is 12.8. The summed E-state index contributed by atoms with van der Waals surface area (Å²) in [5.74, 6) is -0.544. The number of rotatable bonds is 4. The molecule has 0 spiro atoms. The molecule has 1 aromatic carbocycles. The standard InChI is InChI=1S/C25H25FN8O3S/c1-25(2,3)37-24(36)34-8-6-33(7-9-34)21(35)16-11-27-22(28-12-16)32-23-29-13-17(26)20(31-23)15-4-5-19-18(10-15)30-14-38-19/h4-5,10-14H,6-9H2,1-3H3,(H,27,28,29,31,32). The molecule has 0 radical (unpaired) electrons. The van der Waals surface area contributed by atoms with Gasteiger partial charge in [0.1, 0.15) is 11.3 Å². The predicted molar refractivity (Wildman–Crippen MR) is 140 cm³/mol. The molecule has 0 atom stereocenters. The summed E-state index contributed by atoms with van der Waals surface area (Å²) in [7, 11) is 0. The lowest BCUT2D eigenvalue weighted by Gasteiger charge is -2.35. The van der Waals surface area contributed by atoms with Gasteiger partial charge in [0.15, 0.2) is 5.82 Å². The zero-order valence-corrected chi connectivity index (χ0v) is 21.8. The van der Waals surface area contributed by atoms with Gasteiger partial charge >= 0.3 is 6.09 Å². The van der Waals surface area contributed by atoms with Crippen molar-refractivity contribution in [3.8, 4) is 11.3 Å². The molecular formula is C25H25FN8O3S. The molecule has 1 saturated heterocycles. The van der Waals surface area contributed by atoms with Gasteiger partial charge in [0.2, 0.25) is 11.9 Å². The number of nitrogens with zero attached hydrogens (tertiary/aromatic N) is 7. The molecule has 4 aromatic rings. The van der Waals surface area contributed by atoms with Crippen LogP contribution in [0.1, 0.15) is 31.1 Å². The van der Waals surface area contributed by atoms with Crippen LogP contribution in [-0.4, -0.2) is 78.5 Å². The third-order valence-corrected chi connectivity index (χ3v) is 6.50. The van der Waals surface area contributed by atoms with E-state index in [1.54, 1.807) is 27.4 Å². The molecule has 196 valence electrons. The number of hydrogen-bond acceptors (Lipinski definition) is 10. The van der Waals surface area contributed by atoms with E-state index in [1.807, 2.05) is 26.8 Å². The molecule has 13 heteroatoms. The van der Waals surface area contributed by atoms with E-state index in [2.05, 4.69) is 30.2 Å². The number of piperazine rings is 1. The quantitative estimate of drug-likeness (QED) is 0.410. The van der Waals surface area contributed by atoms with Gasteiger partial charge in [0.25, 0.3) is 5.91 Å². The molecule has 3 aromatic heterocycles. The van der Waals surface area contributed by atoms with Crippen LogP contribution in [0.2, 0.25) is 0 Å². The summed E-state index contributed by atoms with van der Waals surface area (Å²) in [6.45, 7) is 6.93. The van der Waals surface area contributed by atoms with Gasteiger partial charge in [-0.25, -0.2) is 34.1 Å². The number of thiazole rings is 1. The summed E-state index contributed by atoms with van der Waals surface area (Å²) in [5, 5.41) is 2.85. The average Bonchev–Trinajstić information content (AvgIpc) is 3.37. The summed E-state index contributed by atoms with van der Waals surface area (Å²) < 4.78 is 20.9. The Morgan fingerprint density at radius 2 is 1.66 bits per heavy atom. The topological polar surface area (TPSA) is 126 Å². The highest BCUT2D eigenvalue weighted by Crippen LogP contribution is 2.27. The van der Waals surface area contributed by atoms with Gasteiger partial charge in [-0.05, 0) is 32.9 Å². The number of anilines is 2. The Balaban J connectivity index is 1.22. The molecule has 1 fully saturated rings. The highest BCUT2D eigenvalue weighted by Gasteiger charge is 2.28. The second-order valence-corrected chi connectivity index (χ2v) is 10.5. The molecule has 5 rings (SSSR count). The fraction of sp³-hybridized carbons (Fsp3) is 0.320. The maximum Gasteiger partial charge on any atom is 0.410 e. The molecular weight excluding hydrogens is 511 g/mol. The number of carbonyl (C=O) groups is 2. The van der Waals surface area contributed by atoms with Crippen LogP contribution in [0, 0.1) is 5.82 Å². The van der Waals surface area contributed by atoms with Crippen LogP contribution < -0.4 is 5.32 Å². The molecule has 4 heterocycles. The third-order valence-electron chi connectivity index (χ3n) is 5.69. The van der Waals surface area contributed by atoms with Crippen LogP contribution in [0.3, 0.4) is 0 Å². The number of hydrogen-bond donors (Lipinski definition) is 1. The molecule has 38 heavy (non-hydrogen) atoms. The van der Waals surface area contributed by atoms with Gasteiger partial charge in [-0.2, -0.15) is 0 Å². The van der Waals surface area contributed by atoms with Crippen molar-refractivity contribution < 1.29 is 18.7 Å². The Labute approximate surface area is 221 Å². The van der Waals surface area contributed by atoms with Crippen molar-refractivity contribution in [2.24, 2.45) is 0 Å². The maximum atomic E-state index is 14.5. The number of carbonyl (C=O) groups excluding carboxylic acids is 2. The number of amides is 2. The van der Waals surface area contributed by atoms with E-state index >= 15 is 0 Å². The first kappa shape index (κ1) is 25.4. The highest BCUT2D eigenvalue weighted by atomic mass is 32.1. The van der Waals surface area contributed by atoms with Crippen molar-refractivity contribution >= 4 is 45.5 Å². The van der Waals surface area contributed by atoms with Crippen molar-refractivity contribution in [3.63, 3.8) is 0 Å². The maximum absolute atomic E-state index is 14.5. The number of fused-ring (bicyclic) bond motifs is 1. The van der Waals surface area contributed by atoms with Gasteiger partial charge < -0.3 is 14.5 Å². The molecule has 2 amide bonds. The summed E-state index contributed by atoms with van der Waals surface area (Å²) in [6, 6.07) is 5.42. The molecule has 0 aliphatic carbocycles. The lowest BCUT2D eigenvalue weighted by Crippen LogP contribution is -2.51. The molecule has 0 unspecified atom stereocenters. The second-order valence-electron chi connectivity index (χ2n) is 9.60. The van der Waals surface area contributed by atoms with E-state index in [1.165, 1.54) is 23.7 Å². The number of ether oxygens (including phenoxy) is 1. The van der Waals surface area contributed by atoms with E-state index in [4.69, 9.17) is 4.74 Å². The Morgan fingerprint density at radius 3 is 2.37 bits per heavy atom.